The van der Waals surface area contributed by atoms with Gasteiger partial charge in [0.1, 0.15) is 6.04 Å². The molecule has 0 aromatic heterocycles. The molecule has 0 aliphatic carbocycles. The number of carboxylic acid groups (broad SMARTS) is 1. The van der Waals surface area contributed by atoms with E-state index in [-0.39, 0.29) is 5.91 Å². The Morgan fingerprint density at radius 2 is 1.86 bits per heavy atom. The molecule has 3 N–H and O–H groups in total. The van der Waals surface area contributed by atoms with Crippen LogP contribution in [-0.2, 0) is 4.79 Å². The zero-order valence-corrected chi connectivity index (χ0v) is 12.4. The van der Waals surface area contributed by atoms with E-state index in [1.807, 2.05) is 17.9 Å². The fourth-order valence-electron chi connectivity index (χ4n) is 2.49. The van der Waals surface area contributed by atoms with Crippen molar-refractivity contribution in [2.45, 2.75) is 19.9 Å². The summed E-state index contributed by atoms with van der Waals surface area (Å²) in [5, 5.41) is 9.02. The first kappa shape index (κ1) is 15.3. The number of carboxylic acids is 1. The molecule has 1 heterocycles. The van der Waals surface area contributed by atoms with E-state index in [1.54, 1.807) is 24.0 Å². The first-order chi connectivity index (χ1) is 9.90. The van der Waals surface area contributed by atoms with Crippen molar-refractivity contribution in [1.82, 2.24) is 9.80 Å². The van der Waals surface area contributed by atoms with Crippen molar-refractivity contribution in [2.75, 3.05) is 31.9 Å². The van der Waals surface area contributed by atoms with Crippen molar-refractivity contribution in [1.29, 1.82) is 0 Å². The van der Waals surface area contributed by atoms with Gasteiger partial charge in [-0.25, -0.2) is 0 Å². The van der Waals surface area contributed by atoms with Gasteiger partial charge < -0.3 is 15.7 Å². The van der Waals surface area contributed by atoms with Crippen LogP contribution in [0.5, 0.6) is 0 Å². The van der Waals surface area contributed by atoms with Crippen LogP contribution in [0.25, 0.3) is 0 Å². The number of piperazine rings is 1. The largest absolute Gasteiger partial charge is 0.480 e. The van der Waals surface area contributed by atoms with E-state index in [0.717, 1.165) is 5.56 Å². The van der Waals surface area contributed by atoms with Crippen LogP contribution >= 0.6 is 0 Å². The monoisotopic (exact) mass is 291 g/mol. The average Bonchev–Trinajstić information content (AvgIpc) is 2.48. The standard InChI is InChI=1S/C15H21N3O3/c1-10-3-4-13(16)12(9-10)14(19)18-7-5-17(6-8-18)11(2)15(20)21/h3-4,9,11H,5-8,16H2,1-2H3,(H,20,21). The number of benzene rings is 1. The van der Waals surface area contributed by atoms with E-state index in [0.29, 0.717) is 37.4 Å². The predicted molar refractivity (Wildman–Crippen MR) is 80.2 cm³/mol. The van der Waals surface area contributed by atoms with Crippen molar-refractivity contribution in [3.8, 4) is 0 Å². The van der Waals surface area contributed by atoms with Crippen molar-refractivity contribution < 1.29 is 14.7 Å². The molecule has 6 nitrogen and oxygen atoms in total. The molecule has 1 amide bonds. The second-order valence-electron chi connectivity index (χ2n) is 5.43. The Morgan fingerprint density at radius 1 is 1.24 bits per heavy atom. The highest BCUT2D eigenvalue weighted by atomic mass is 16.4. The maximum absolute atomic E-state index is 12.5. The van der Waals surface area contributed by atoms with Gasteiger partial charge in [-0.3, -0.25) is 14.5 Å². The Kier molecular flexibility index (Phi) is 4.47. The van der Waals surface area contributed by atoms with Crippen LogP contribution in [0.1, 0.15) is 22.8 Å². The molecule has 1 aromatic rings. The smallest absolute Gasteiger partial charge is 0.320 e. The summed E-state index contributed by atoms with van der Waals surface area (Å²) >= 11 is 0. The highest BCUT2D eigenvalue weighted by Gasteiger charge is 2.28. The number of carbonyl (C=O) groups is 2. The van der Waals surface area contributed by atoms with E-state index in [1.165, 1.54) is 0 Å². The Bertz CT molecular complexity index is 551. The predicted octanol–water partition coefficient (Wildman–Crippen LogP) is 0.808. The van der Waals surface area contributed by atoms with Gasteiger partial charge in [0, 0.05) is 31.9 Å². The second-order valence-corrected chi connectivity index (χ2v) is 5.43. The van der Waals surface area contributed by atoms with Gasteiger partial charge in [-0.15, -0.1) is 0 Å². The van der Waals surface area contributed by atoms with Gasteiger partial charge in [-0.1, -0.05) is 11.6 Å². The quantitative estimate of drug-likeness (QED) is 0.805. The molecule has 6 heteroatoms. The van der Waals surface area contributed by atoms with Crippen LogP contribution in [0, 0.1) is 6.92 Å². The third kappa shape index (κ3) is 3.33. The summed E-state index contributed by atoms with van der Waals surface area (Å²) in [6, 6.07) is 4.89. The number of aliphatic carboxylic acids is 1. The minimum atomic E-state index is -0.835. The molecular formula is C15H21N3O3. The number of carbonyl (C=O) groups excluding carboxylic acids is 1. The second kappa shape index (κ2) is 6.13. The van der Waals surface area contributed by atoms with Crippen molar-refractivity contribution >= 4 is 17.6 Å². The lowest BCUT2D eigenvalue weighted by Crippen LogP contribution is -2.53. The average molecular weight is 291 g/mol. The summed E-state index contributed by atoms with van der Waals surface area (Å²) in [6.07, 6.45) is 0. The minimum absolute atomic E-state index is 0.0844. The van der Waals surface area contributed by atoms with Gasteiger partial charge in [0.15, 0.2) is 0 Å². The molecule has 1 fully saturated rings. The highest BCUT2D eigenvalue weighted by molar-refractivity contribution is 5.99. The summed E-state index contributed by atoms with van der Waals surface area (Å²) < 4.78 is 0. The molecule has 1 aliphatic rings. The molecule has 1 aliphatic heterocycles. The number of amides is 1. The first-order valence-corrected chi connectivity index (χ1v) is 7.02. The number of anilines is 1. The number of nitrogens with zero attached hydrogens (tertiary/aromatic N) is 2. The zero-order valence-electron chi connectivity index (χ0n) is 12.4. The van der Waals surface area contributed by atoms with E-state index >= 15 is 0 Å². The van der Waals surface area contributed by atoms with Gasteiger partial charge in [0.25, 0.3) is 5.91 Å². The summed E-state index contributed by atoms with van der Waals surface area (Å²) in [4.78, 5) is 27.1. The van der Waals surface area contributed by atoms with Gasteiger partial charge in [-0.2, -0.15) is 0 Å². The molecule has 21 heavy (non-hydrogen) atoms. The molecule has 0 spiro atoms. The minimum Gasteiger partial charge on any atom is -0.480 e. The lowest BCUT2D eigenvalue weighted by atomic mass is 10.1. The zero-order chi connectivity index (χ0) is 15.6. The lowest BCUT2D eigenvalue weighted by Gasteiger charge is -2.36. The van der Waals surface area contributed by atoms with Crippen LogP contribution in [-0.4, -0.2) is 59.0 Å². The number of hydrogen-bond acceptors (Lipinski definition) is 4. The fraction of sp³-hybridized carbons (Fsp3) is 0.467. The van der Waals surface area contributed by atoms with E-state index in [2.05, 4.69) is 0 Å². The molecule has 0 saturated carbocycles. The molecule has 114 valence electrons. The Morgan fingerprint density at radius 3 is 2.43 bits per heavy atom. The topological polar surface area (TPSA) is 86.9 Å². The molecular weight excluding hydrogens is 270 g/mol. The van der Waals surface area contributed by atoms with Crippen LogP contribution in [0.4, 0.5) is 5.69 Å². The van der Waals surface area contributed by atoms with Gasteiger partial charge in [0.05, 0.1) is 5.56 Å². The van der Waals surface area contributed by atoms with Gasteiger partial charge in [0.2, 0.25) is 0 Å². The fourth-order valence-corrected chi connectivity index (χ4v) is 2.49. The summed E-state index contributed by atoms with van der Waals surface area (Å²) in [7, 11) is 0. The number of nitrogen functional groups attached to an aromatic ring is 1. The Labute approximate surface area is 124 Å². The van der Waals surface area contributed by atoms with Gasteiger partial charge in [-0.05, 0) is 26.0 Å². The molecule has 1 atom stereocenters. The SMILES string of the molecule is Cc1ccc(N)c(C(=O)N2CCN(C(C)C(=O)O)CC2)c1. The number of rotatable bonds is 3. The van der Waals surface area contributed by atoms with Crippen LogP contribution in [0.3, 0.4) is 0 Å². The van der Waals surface area contributed by atoms with Crippen LogP contribution < -0.4 is 5.73 Å². The van der Waals surface area contributed by atoms with Crippen LogP contribution in [0.15, 0.2) is 18.2 Å². The molecule has 0 radical (unpaired) electrons. The van der Waals surface area contributed by atoms with E-state index < -0.39 is 12.0 Å². The number of aryl methyl sites for hydroxylation is 1. The summed E-state index contributed by atoms with van der Waals surface area (Å²) in [5.74, 6) is -0.920. The highest BCUT2D eigenvalue weighted by Crippen LogP contribution is 2.17. The van der Waals surface area contributed by atoms with Gasteiger partial charge >= 0.3 is 5.97 Å². The maximum atomic E-state index is 12.5. The molecule has 1 aromatic carbocycles. The lowest BCUT2D eigenvalue weighted by molar-refractivity contribution is -0.143. The molecule has 1 unspecified atom stereocenters. The third-order valence-corrected chi connectivity index (χ3v) is 3.95. The third-order valence-electron chi connectivity index (χ3n) is 3.95. The van der Waals surface area contributed by atoms with Crippen molar-refractivity contribution in [2.24, 2.45) is 0 Å². The maximum Gasteiger partial charge on any atom is 0.320 e. The van der Waals surface area contributed by atoms with Crippen molar-refractivity contribution in [3.63, 3.8) is 0 Å². The number of hydrogen-bond donors (Lipinski definition) is 2. The summed E-state index contributed by atoms with van der Waals surface area (Å²) in [5.41, 5.74) is 7.87. The normalized spacial score (nSPS) is 17.5. The van der Waals surface area contributed by atoms with Crippen molar-refractivity contribution in [3.05, 3.63) is 29.3 Å². The molecule has 0 bridgehead atoms. The van der Waals surface area contributed by atoms with E-state index in [9.17, 15) is 9.59 Å². The Balaban J connectivity index is 2.03. The Hall–Kier alpha value is -2.08. The molecule has 2 rings (SSSR count). The molecule has 1 saturated heterocycles. The number of nitrogens with two attached hydrogens (primary N) is 1. The van der Waals surface area contributed by atoms with E-state index in [4.69, 9.17) is 10.8 Å². The first-order valence-electron chi connectivity index (χ1n) is 7.02. The summed E-state index contributed by atoms with van der Waals surface area (Å²) in [6.45, 7) is 5.74. The van der Waals surface area contributed by atoms with Crippen LogP contribution in [0.2, 0.25) is 0 Å².